The van der Waals surface area contributed by atoms with Crippen molar-refractivity contribution >= 4 is 33.4 Å². The molecule has 1 fully saturated rings. The minimum Gasteiger partial charge on any atom is -0.464 e. The van der Waals surface area contributed by atoms with Gasteiger partial charge in [-0.3, -0.25) is 4.79 Å². The van der Waals surface area contributed by atoms with Crippen molar-refractivity contribution in [1.29, 1.82) is 0 Å². The Labute approximate surface area is 200 Å². The molecule has 0 radical (unpaired) electrons. The van der Waals surface area contributed by atoms with Crippen molar-refractivity contribution < 1.29 is 4.42 Å². The van der Waals surface area contributed by atoms with Crippen LogP contribution in [-0.4, -0.2) is 31.2 Å². The van der Waals surface area contributed by atoms with E-state index in [9.17, 15) is 4.79 Å². The van der Waals surface area contributed by atoms with Crippen LogP contribution in [0, 0.1) is 6.92 Å². The van der Waals surface area contributed by atoms with Gasteiger partial charge < -0.3 is 20.0 Å². The lowest BCUT2D eigenvalue weighted by Gasteiger charge is -2.30. The molecule has 6 nitrogen and oxygen atoms in total. The lowest BCUT2D eigenvalue weighted by molar-refractivity contribution is 0.351. The minimum atomic E-state index is 0.0619. The normalized spacial score (nSPS) is 18.3. The lowest BCUT2D eigenvalue weighted by atomic mass is 9.91. The van der Waals surface area contributed by atoms with E-state index in [1.54, 1.807) is 6.26 Å². The molecule has 1 aliphatic rings. The third kappa shape index (κ3) is 4.64. The molecule has 1 saturated carbocycles. The van der Waals surface area contributed by atoms with Gasteiger partial charge in [0.1, 0.15) is 11.4 Å². The molecular formula is C28H32N4O2. The summed E-state index contributed by atoms with van der Waals surface area (Å²) in [6.45, 7) is 2.53. The van der Waals surface area contributed by atoms with Crippen LogP contribution < -0.4 is 21.0 Å². The molecule has 0 aliphatic heterocycles. The van der Waals surface area contributed by atoms with Crippen LogP contribution in [0.2, 0.25) is 0 Å². The number of hydrogen-bond acceptors (Lipinski definition) is 6. The molecule has 0 unspecified atom stereocenters. The van der Waals surface area contributed by atoms with Gasteiger partial charge in [0.15, 0.2) is 5.43 Å². The van der Waals surface area contributed by atoms with E-state index in [4.69, 9.17) is 9.40 Å². The van der Waals surface area contributed by atoms with Gasteiger partial charge in [0.25, 0.3) is 0 Å². The van der Waals surface area contributed by atoms with E-state index in [2.05, 4.69) is 53.9 Å². The van der Waals surface area contributed by atoms with Crippen LogP contribution in [0.15, 0.2) is 64.0 Å². The van der Waals surface area contributed by atoms with E-state index in [1.807, 2.05) is 31.2 Å². The van der Waals surface area contributed by atoms with Gasteiger partial charge in [0.05, 0.1) is 17.2 Å². The topological polar surface area (TPSA) is 70.4 Å². The van der Waals surface area contributed by atoms with Crippen molar-refractivity contribution in [3.05, 3.63) is 76.1 Å². The molecule has 2 aromatic carbocycles. The van der Waals surface area contributed by atoms with Gasteiger partial charge in [-0.05, 0) is 50.8 Å². The van der Waals surface area contributed by atoms with Crippen molar-refractivity contribution in [2.24, 2.45) is 0 Å². The summed E-state index contributed by atoms with van der Waals surface area (Å²) in [4.78, 5) is 19.8. The SMILES string of the molecule is Cc1ccc2occ(CN[C@H]3CC[C@@H](Nc4cc(N(C)C)c5ccccc5n4)CC3)c(=O)c2c1. The molecule has 0 spiro atoms. The van der Waals surface area contributed by atoms with Crippen LogP contribution in [0.25, 0.3) is 21.9 Å². The zero-order valence-corrected chi connectivity index (χ0v) is 20.1. The average Bonchev–Trinajstić information content (AvgIpc) is 2.84. The Bertz CT molecular complexity index is 1370. The summed E-state index contributed by atoms with van der Waals surface area (Å²) in [5, 5.41) is 9.07. The Morgan fingerprint density at radius 1 is 1.00 bits per heavy atom. The van der Waals surface area contributed by atoms with Crippen LogP contribution in [-0.2, 0) is 6.54 Å². The van der Waals surface area contributed by atoms with Crippen LogP contribution >= 0.6 is 0 Å². The fraction of sp³-hybridized carbons (Fsp3) is 0.357. The Balaban J connectivity index is 1.20. The van der Waals surface area contributed by atoms with Crippen LogP contribution in [0.1, 0.15) is 36.8 Å². The highest BCUT2D eigenvalue weighted by Crippen LogP contribution is 2.29. The summed E-state index contributed by atoms with van der Waals surface area (Å²) in [7, 11) is 4.14. The number of benzene rings is 2. The third-order valence-corrected chi connectivity index (χ3v) is 6.84. The predicted octanol–water partition coefficient (Wildman–Crippen LogP) is 5.23. The van der Waals surface area contributed by atoms with Crippen LogP contribution in [0.4, 0.5) is 11.5 Å². The molecular weight excluding hydrogens is 424 g/mol. The Hall–Kier alpha value is -3.38. The van der Waals surface area contributed by atoms with Crippen LogP contribution in [0.5, 0.6) is 0 Å². The summed E-state index contributed by atoms with van der Waals surface area (Å²) in [5.41, 5.74) is 4.64. The number of para-hydroxylation sites is 1. The molecule has 6 heteroatoms. The second-order valence-corrected chi connectivity index (χ2v) is 9.60. The molecule has 0 saturated heterocycles. The first-order valence-electron chi connectivity index (χ1n) is 12.1. The summed E-state index contributed by atoms with van der Waals surface area (Å²) < 4.78 is 5.70. The Morgan fingerprint density at radius 3 is 2.56 bits per heavy atom. The largest absolute Gasteiger partial charge is 0.464 e. The average molecular weight is 457 g/mol. The van der Waals surface area contributed by atoms with E-state index in [-0.39, 0.29) is 5.43 Å². The molecule has 2 aromatic heterocycles. The second-order valence-electron chi connectivity index (χ2n) is 9.60. The van der Waals surface area contributed by atoms with Crippen LogP contribution in [0.3, 0.4) is 0 Å². The van der Waals surface area contributed by atoms with E-state index < -0.39 is 0 Å². The maximum Gasteiger partial charge on any atom is 0.197 e. The third-order valence-electron chi connectivity index (χ3n) is 6.84. The van der Waals surface area contributed by atoms with Gasteiger partial charge in [-0.25, -0.2) is 4.98 Å². The van der Waals surface area contributed by atoms with Gasteiger partial charge in [-0.1, -0.05) is 29.8 Å². The second kappa shape index (κ2) is 9.47. The number of nitrogens with zero attached hydrogens (tertiary/aromatic N) is 2. The number of fused-ring (bicyclic) bond motifs is 2. The smallest absolute Gasteiger partial charge is 0.197 e. The monoisotopic (exact) mass is 456 g/mol. The summed E-state index contributed by atoms with van der Waals surface area (Å²) in [5.74, 6) is 0.933. The number of aromatic nitrogens is 1. The standard InChI is InChI=1S/C28H32N4O2/c1-18-8-13-26-23(14-18)28(33)19(17-34-26)16-29-20-9-11-21(12-10-20)30-27-15-25(32(2)3)22-6-4-5-7-24(22)31-27/h4-8,13-15,17,20-21,29H,9-12,16H2,1-3H3,(H,30,31)/t20-,21+. The number of nitrogens with one attached hydrogen (secondary N) is 2. The van der Waals surface area contributed by atoms with Gasteiger partial charge in [0, 0.05) is 55.4 Å². The first kappa shape index (κ1) is 22.4. The number of aryl methyl sites for hydroxylation is 1. The summed E-state index contributed by atoms with van der Waals surface area (Å²) in [6.07, 6.45) is 5.85. The molecule has 2 N–H and O–H groups in total. The van der Waals surface area contributed by atoms with Gasteiger partial charge in [-0.2, -0.15) is 0 Å². The zero-order valence-electron chi connectivity index (χ0n) is 20.1. The molecule has 4 aromatic rings. The molecule has 0 atom stereocenters. The van der Waals surface area contributed by atoms with Crippen molar-refractivity contribution in [3.63, 3.8) is 0 Å². The molecule has 1 aliphatic carbocycles. The highest BCUT2D eigenvalue weighted by atomic mass is 16.3. The first-order chi connectivity index (χ1) is 16.5. The summed E-state index contributed by atoms with van der Waals surface area (Å²) in [6, 6.07) is 17.0. The molecule has 0 bridgehead atoms. The number of rotatable bonds is 6. The van der Waals surface area contributed by atoms with Gasteiger partial charge in [0.2, 0.25) is 0 Å². The Morgan fingerprint density at radius 2 is 1.76 bits per heavy atom. The molecule has 176 valence electrons. The molecule has 2 heterocycles. The van der Waals surface area contributed by atoms with Crippen molar-refractivity contribution in [2.45, 2.75) is 51.2 Å². The summed E-state index contributed by atoms with van der Waals surface area (Å²) >= 11 is 0. The minimum absolute atomic E-state index is 0.0619. The first-order valence-corrected chi connectivity index (χ1v) is 12.1. The fourth-order valence-corrected chi connectivity index (χ4v) is 4.91. The van der Waals surface area contributed by atoms with Crippen molar-refractivity contribution in [1.82, 2.24) is 10.3 Å². The highest BCUT2D eigenvalue weighted by Gasteiger charge is 2.22. The van der Waals surface area contributed by atoms with E-state index in [0.717, 1.165) is 42.6 Å². The number of anilines is 2. The van der Waals surface area contributed by atoms with E-state index in [1.165, 1.54) is 11.1 Å². The lowest BCUT2D eigenvalue weighted by Crippen LogP contribution is -2.37. The van der Waals surface area contributed by atoms with Crippen molar-refractivity contribution in [2.75, 3.05) is 24.3 Å². The number of hydrogen-bond donors (Lipinski definition) is 2. The molecule has 34 heavy (non-hydrogen) atoms. The maximum absolute atomic E-state index is 12.9. The molecule has 0 amide bonds. The fourth-order valence-electron chi connectivity index (χ4n) is 4.91. The van der Waals surface area contributed by atoms with Gasteiger partial charge in [-0.15, -0.1) is 0 Å². The van der Waals surface area contributed by atoms with Gasteiger partial charge >= 0.3 is 0 Å². The zero-order chi connectivity index (χ0) is 23.7. The predicted molar refractivity (Wildman–Crippen MR) is 140 cm³/mol. The van der Waals surface area contributed by atoms with E-state index in [0.29, 0.717) is 35.2 Å². The quantitative estimate of drug-likeness (QED) is 0.414. The number of pyridine rings is 1. The van der Waals surface area contributed by atoms with E-state index >= 15 is 0 Å². The maximum atomic E-state index is 12.9. The molecule has 5 rings (SSSR count). The Kier molecular flexibility index (Phi) is 6.24. The van der Waals surface area contributed by atoms with Crippen molar-refractivity contribution in [3.8, 4) is 0 Å². The highest BCUT2D eigenvalue weighted by molar-refractivity contribution is 5.93.